The molecular formula is C23H26N2O4S. The molecule has 2 fully saturated rings. The third kappa shape index (κ3) is 4.12. The molecule has 0 aromatic heterocycles. The average Bonchev–Trinajstić information content (AvgIpc) is 3.31. The van der Waals surface area contributed by atoms with Gasteiger partial charge in [-0.2, -0.15) is 0 Å². The van der Waals surface area contributed by atoms with Crippen LogP contribution in [-0.4, -0.2) is 61.2 Å². The SMILES string of the molecule is CN(C(=O)[C@@H]1CC(=O)N([C@H]2CCS(=O)(=O)C2)C1)C(c1ccccc1)c1ccccc1. The van der Waals surface area contributed by atoms with Crippen LogP contribution in [0.3, 0.4) is 0 Å². The monoisotopic (exact) mass is 426 g/mol. The number of sulfone groups is 1. The van der Waals surface area contributed by atoms with E-state index in [1.165, 1.54) is 0 Å². The minimum absolute atomic E-state index is 0.00610. The normalized spacial score (nSPS) is 23.1. The van der Waals surface area contributed by atoms with Gasteiger partial charge < -0.3 is 9.80 Å². The van der Waals surface area contributed by atoms with E-state index in [2.05, 4.69) is 0 Å². The lowest BCUT2D eigenvalue weighted by atomic mass is 9.96. The number of hydrogen-bond acceptors (Lipinski definition) is 4. The molecule has 2 aliphatic heterocycles. The van der Waals surface area contributed by atoms with Crippen LogP contribution < -0.4 is 0 Å². The van der Waals surface area contributed by atoms with Gasteiger partial charge in [0.05, 0.1) is 23.5 Å². The van der Waals surface area contributed by atoms with E-state index < -0.39 is 15.8 Å². The van der Waals surface area contributed by atoms with Gasteiger partial charge in [0.2, 0.25) is 11.8 Å². The molecule has 2 heterocycles. The van der Waals surface area contributed by atoms with Crippen molar-refractivity contribution in [1.82, 2.24) is 9.80 Å². The van der Waals surface area contributed by atoms with Crippen molar-refractivity contribution in [3.05, 3.63) is 71.8 Å². The smallest absolute Gasteiger partial charge is 0.228 e. The van der Waals surface area contributed by atoms with Crippen LogP contribution in [0.25, 0.3) is 0 Å². The van der Waals surface area contributed by atoms with Crippen molar-refractivity contribution in [2.24, 2.45) is 5.92 Å². The van der Waals surface area contributed by atoms with Crippen LogP contribution in [0.4, 0.5) is 0 Å². The Balaban J connectivity index is 1.55. The van der Waals surface area contributed by atoms with Gasteiger partial charge in [0.15, 0.2) is 9.84 Å². The van der Waals surface area contributed by atoms with Gasteiger partial charge in [-0.25, -0.2) is 8.42 Å². The van der Waals surface area contributed by atoms with Crippen molar-refractivity contribution >= 4 is 21.7 Å². The maximum Gasteiger partial charge on any atom is 0.228 e. The predicted molar refractivity (Wildman–Crippen MR) is 114 cm³/mol. The van der Waals surface area contributed by atoms with Crippen LogP contribution in [0.1, 0.15) is 30.0 Å². The van der Waals surface area contributed by atoms with Crippen molar-refractivity contribution in [2.45, 2.75) is 24.9 Å². The number of rotatable bonds is 5. The number of benzene rings is 2. The molecule has 0 saturated carbocycles. The van der Waals surface area contributed by atoms with Crippen LogP contribution in [0.5, 0.6) is 0 Å². The van der Waals surface area contributed by atoms with E-state index in [-0.39, 0.29) is 41.8 Å². The van der Waals surface area contributed by atoms with E-state index in [1.54, 1.807) is 16.8 Å². The summed E-state index contributed by atoms with van der Waals surface area (Å²) in [6.07, 6.45) is 0.595. The Morgan fingerprint density at radius 2 is 1.60 bits per heavy atom. The molecule has 158 valence electrons. The van der Waals surface area contributed by atoms with E-state index in [9.17, 15) is 18.0 Å². The second-order valence-electron chi connectivity index (χ2n) is 8.18. The third-order valence-electron chi connectivity index (χ3n) is 6.12. The van der Waals surface area contributed by atoms with Crippen molar-refractivity contribution in [3.63, 3.8) is 0 Å². The summed E-state index contributed by atoms with van der Waals surface area (Å²) in [5.74, 6) is -0.555. The van der Waals surface area contributed by atoms with Crippen LogP contribution in [-0.2, 0) is 19.4 Å². The molecule has 30 heavy (non-hydrogen) atoms. The molecule has 2 amide bonds. The topological polar surface area (TPSA) is 74.8 Å². The van der Waals surface area contributed by atoms with E-state index in [0.717, 1.165) is 11.1 Å². The molecule has 0 bridgehead atoms. The number of likely N-dealkylation sites (tertiary alicyclic amines) is 1. The fourth-order valence-corrected chi connectivity index (χ4v) is 6.33. The summed E-state index contributed by atoms with van der Waals surface area (Å²) < 4.78 is 23.6. The summed E-state index contributed by atoms with van der Waals surface area (Å²) in [4.78, 5) is 29.3. The number of hydrogen-bond donors (Lipinski definition) is 0. The zero-order valence-electron chi connectivity index (χ0n) is 17.0. The van der Waals surface area contributed by atoms with Crippen LogP contribution >= 0.6 is 0 Å². The van der Waals surface area contributed by atoms with Gasteiger partial charge in [-0.05, 0) is 17.5 Å². The lowest BCUT2D eigenvalue weighted by molar-refractivity contribution is -0.136. The molecule has 0 unspecified atom stereocenters. The predicted octanol–water partition coefficient (Wildman–Crippen LogP) is 2.27. The van der Waals surface area contributed by atoms with Crippen molar-refractivity contribution in [3.8, 4) is 0 Å². The highest BCUT2D eigenvalue weighted by atomic mass is 32.2. The standard InChI is InChI=1S/C23H26N2O4S/c1-24(22(17-8-4-2-5-9-17)18-10-6-3-7-11-18)23(27)19-14-21(26)25(15-19)20-12-13-30(28,29)16-20/h2-11,19-20,22H,12-16H2,1H3/t19-,20+/m1/s1. The minimum atomic E-state index is -3.09. The van der Waals surface area contributed by atoms with E-state index in [4.69, 9.17) is 0 Å². The Kier molecular flexibility index (Phi) is 5.64. The Labute approximate surface area is 177 Å². The lowest BCUT2D eigenvalue weighted by Crippen LogP contribution is -2.40. The summed E-state index contributed by atoms with van der Waals surface area (Å²) in [5, 5.41) is 0. The molecular weight excluding hydrogens is 400 g/mol. The maximum absolute atomic E-state index is 13.4. The molecule has 0 radical (unpaired) electrons. The second-order valence-corrected chi connectivity index (χ2v) is 10.4. The van der Waals surface area contributed by atoms with E-state index in [0.29, 0.717) is 13.0 Å². The molecule has 0 N–H and O–H groups in total. The Morgan fingerprint density at radius 3 is 2.10 bits per heavy atom. The summed E-state index contributed by atoms with van der Waals surface area (Å²) >= 11 is 0. The van der Waals surface area contributed by atoms with Gasteiger partial charge in [0.25, 0.3) is 0 Å². The van der Waals surface area contributed by atoms with Crippen molar-refractivity contribution < 1.29 is 18.0 Å². The highest BCUT2D eigenvalue weighted by molar-refractivity contribution is 7.91. The number of carbonyl (C=O) groups excluding carboxylic acids is 2. The summed E-state index contributed by atoms with van der Waals surface area (Å²) in [7, 11) is -1.31. The Hall–Kier alpha value is -2.67. The molecule has 6 nitrogen and oxygen atoms in total. The average molecular weight is 427 g/mol. The number of amides is 2. The lowest BCUT2D eigenvalue weighted by Gasteiger charge is -2.31. The van der Waals surface area contributed by atoms with E-state index >= 15 is 0 Å². The Bertz CT molecular complexity index is 984. The van der Waals surface area contributed by atoms with Crippen LogP contribution in [0, 0.1) is 5.92 Å². The van der Waals surface area contributed by atoms with Crippen LogP contribution in [0.2, 0.25) is 0 Å². The number of carbonyl (C=O) groups is 2. The minimum Gasteiger partial charge on any atom is -0.338 e. The largest absolute Gasteiger partial charge is 0.338 e. The van der Waals surface area contributed by atoms with Gasteiger partial charge in [-0.3, -0.25) is 9.59 Å². The summed E-state index contributed by atoms with van der Waals surface area (Å²) in [5.41, 5.74) is 2.00. The quantitative estimate of drug-likeness (QED) is 0.735. The molecule has 4 rings (SSSR count). The van der Waals surface area contributed by atoms with Crippen molar-refractivity contribution in [1.29, 1.82) is 0 Å². The van der Waals surface area contributed by atoms with Gasteiger partial charge in [-0.15, -0.1) is 0 Å². The summed E-state index contributed by atoms with van der Waals surface area (Å²) in [6, 6.07) is 19.1. The Morgan fingerprint density at radius 1 is 1.03 bits per heavy atom. The fourth-order valence-electron chi connectivity index (χ4n) is 4.60. The molecule has 2 aliphatic rings. The van der Waals surface area contributed by atoms with Gasteiger partial charge in [-0.1, -0.05) is 60.7 Å². The fraction of sp³-hybridized carbons (Fsp3) is 0.391. The van der Waals surface area contributed by atoms with Gasteiger partial charge in [0.1, 0.15) is 0 Å². The van der Waals surface area contributed by atoms with E-state index in [1.807, 2.05) is 60.7 Å². The first-order valence-corrected chi connectivity index (χ1v) is 12.0. The van der Waals surface area contributed by atoms with Crippen LogP contribution in [0.15, 0.2) is 60.7 Å². The molecule has 7 heteroatoms. The zero-order chi connectivity index (χ0) is 21.3. The molecule has 2 aromatic rings. The first kappa shape index (κ1) is 20.6. The molecule has 2 saturated heterocycles. The molecule has 0 spiro atoms. The maximum atomic E-state index is 13.4. The van der Waals surface area contributed by atoms with Gasteiger partial charge >= 0.3 is 0 Å². The highest BCUT2D eigenvalue weighted by Gasteiger charge is 2.43. The first-order valence-electron chi connectivity index (χ1n) is 10.2. The molecule has 0 aliphatic carbocycles. The zero-order valence-corrected chi connectivity index (χ0v) is 17.8. The number of nitrogens with zero attached hydrogens (tertiary/aromatic N) is 2. The third-order valence-corrected chi connectivity index (χ3v) is 7.87. The van der Waals surface area contributed by atoms with Crippen molar-refractivity contribution in [2.75, 3.05) is 25.1 Å². The molecule has 2 aromatic carbocycles. The second kappa shape index (κ2) is 8.22. The summed E-state index contributed by atoms with van der Waals surface area (Å²) in [6.45, 7) is 0.290. The highest BCUT2D eigenvalue weighted by Crippen LogP contribution is 2.32. The first-order chi connectivity index (χ1) is 14.4. The molecule has 2 atom stereocenters. The van der Waals surface area contributed by atoms with Gasteiger partial charge in [0, 0.05) is 26.1 Å².